The van der Waals surface area contributed by atoms with Crippen LogP contribution in [-0.2, 0) is 9.63 Å². The van der Waals surface area contributed by atoms with Gasteiger partial charge in [0.05, 0.1) is 11.0 Å². The van der Waals surface area contributed by atoms with Crippen LogP contribution in [0.1, 0.15) is 110 Å². The second kappa shape index (κ2) is 12.4. The van der Waals surface area contributed by atoms with Gasteiger partial charge >= 0.3 is 5.97 Å². The molecule has 40 heavy (non-hydrogen) atoms. The van der Waals surface area contributed by atoms with Crippen LogP contribution in [0.15, 0.2) is 34.2 Å². The number of hydrogen-bond donors (Lipinski definition) is 1. The first-order valence-electron chi connectivity index (χ1n) is 15.6. The average Bonchev–Trinajstić information content (AvgIpc) is 2.93. The molecule has 1 aromatic carbocycles. The average molecular weight is 551 g/mol. The van der Waals surface area contributed by atoms with E-state index in [1.807, 2.05) is 42.7 Å². The highest BCUT2D eigenvalue weighted by atomic mass is 16.6. The fraction of sp³-hybridized carbons (Fsp3) is 0.688. The molecule has 4 bridgehead atoms. The molecule has 218 valence electrons. The molecule has 4 unspecified atom stereocenters. The Labute approximate surface area is 237 Å². The van der Waals surface area contributed by atoms with Gasteiger partial charge in [0.2, 0.25) is 5.71 Å². The van der Waals surface area contributed by atoms with Crippen molar-refractivity contribution in [2.24, 2.45) is 17.0 Å². The number of carboxylic acids is 1. The number of fused-ring (bicyclic) bond motifs is 5. The maximum absolute atomic E-state index is 14.0. The van der Waals surface area contributed by atoms with Crippen molar-refractivity contribution in [1.82, 2.24) is 14.5 Å². The SMILES string of the molecule is CC.CC(C)O/N=C(\C(=O)O)c1nc2ccccc2n(C2CC3CCCC(C2)N3C2CC3CCCC(C3)C2)c1=O. The Bertz CT molecular complexity index is 1260. The van der Waals surface area contributed by atoms with Crippen molar-refractivity contribution in [2.75, 3.05) is 0 Å². The predicted octanol–water partition coefficient (Wildman–Crippen LogP) is 6.16. The highest BCUT2D eigenvalue weighted by Gasteiger charge is 2.45. The lowest BCUT2D eigenvalue weighted by atomic mass is 9.68. The van der Waals surface area contributed by atoms with Gasteiger partial charge in [-0.1, -0.05) is 56.8 Å². The molecule has 1 N–H and O–H groups in total. The van der Waals surface area contributed by atoms with E-state index in [-0.39, 0.29) is 23.4 Å². The number of aromatic nitrogens is 2. The van der Waals surface area contributed by atoms with Gasteiger partial charge in [-0.25, -0.2) is 9.78 Å². The third-order valence-electron chi connectivity index (χ3n) is 9.47. The Kier molecular flexibility index (Phi) is 8.93. The summed E-state index contributed by atoms with van der Waals surface area (Å²) in [6.07, 6.45) is 13.4. The lowest BCUT2D eigenvalue weighted by molar-refractivity contribution is -0.129. The normalized spacial score (nSPS) is 30.5. The molecule has 8 nitrogen and oxygen atoms in total. The number of hydrogen-bond acceptors (Lipinski definition) is 6. The Balaban J connectivity index is 0.00000158. The molecular weight excluding hydrogens is 504 g/mol. The van der Waals surface area contributed by atoms with Crippen LogP contribution in [0.3, 0.4) is 0 Å². The summed E-state index contributed by atoms with van der Waals surface area (Å²) in [5.41, 5.74) is 0.396. The van der Waals surface area contributed by atoms with Gasteiger partial charge in [0.1, 0.15) is 6.10 Å². The first-order chi connectivity index (χ1) is 19.4. The number of benzene rings is 1. The van der Waals surface area contributed by atoms with Crippen LogP contribution in [0.25, 0.3) is 11.0 Å². The molecule has 8 heteroatoms. The van der Waals surface area contributed by atoms with Crippen molar-refractivity contribution in [1.29, 1.82) is 0 Å². The summed E-state index contributed by atoms with van der Waals surface area (Å²) >= 11 is 0. The van der Waals surface area contributed by atoms with Crippen molar-refractivity contribution >= 4 is 22.7 Å². The second-order valence-electron chi connectivity index (χ2n) is 12.4. The van der Waals surface area contributed by atoms with Gasteiger partial charge < -0.3 is 14.5 Å². The van der Waals surface area contributed by atoms with Gasteiger partial charge in [0.15, 0.2) is 5.69 Å². The van der Waals surface area contributed by atoms with E-state index >= 15 is 0 Å². The quantitative estimate of drug-likeness (QED) is 0.342. The summed E-state index contributed by atoms with van der Waals surface area (Å²) in [4.78, 5) is 38.8. The molecule has 0 amide bonds. The zero-order valence-electron chi connectivity index (χ0n) is 24.6. The van der Waals surface area contributed by atoms with E-state index in [1.54, 1.807) is 13.8 Å². The van der Waals surface area contributed by atoms with E-state index < -0.39 is 11.7 Å². The van der Waals surface area contributed by atoms with Crippen LogP contribution in [-0.4, -0.2) is 55.5 Å². The first-order valence-corrected chi connectivity index (χ1v) is 15.6. The first kappa shape index (κ1) is 28.8. The molecule has 2 aromatic rings. The highest BCUT2D eigenvalue weighted by Crippen LogP contribution is 2.47. The van der Waals surface area contributed by atoms with Crippen molar-refractivity contribution in [3.05, 3.63) is 40.3 Å². The van der Waals surface area contributed by atoms with E-state index in [4.69, 9.17) is 4.84 Å². The standard InChI is InChI=1S/C30H40N4O4.C2H6/c1-18(2)38-32-28(30(36)37)27-29(35)34(26-12-4-3-11-25(26)31-27)24-16-21-9-6-10-22(17-24)33(21)23-14-19-7-5-8-20(13-19)15-23;1-2/h3-4,11-12,18-24H,5-10,13-17H2,1-2H3,(H,36,37);1-2H3/b32-28-;. The molecule has 2 saturated carbocycles. The zero-order chi connectivity index (χ0) is 28.4. The minimum Gasteiger partial charge on any atom is -0.476 e. The van der Waals surface area contributed by atoms with Gasteiger partial charge in [-0.3, -0.25) is 9.69 Å². The molecule has 4 aliphatic rings. The lowest BCUT2D eigenvalue weighted by Gasteiger charge is -2.55. The summed E-state index contributed by atoms with van der Waals surface area (Å²) in [5.74, 6) is 0.468. The van der Waals surface area contributed by atoms with Crippen LogP contribution < -0.4 is 5.56 Å². The van der Waals surface area contributed by atoms with E-state index in [9.17, 15) is 14.7 Å². The highest BCUT2D eigenvalue weighted by molar-refractivity contribution is 6.41. The van der Waals surface area contributed by atoms with Crippen LogP contribution in [0, 0.1) is 11.8 Å². The predicted molar refractivity (Wildman–Crippen MR) is 158 cm³/mol. The summed E-state index contributed by atoms with van der Waals surface area (Å²) < 4.78 is 1.84. The molecule has 2 saturated heterocycles. The minimum absolute atomic E-state index is 0.00449. The lowest BCUT2D eigenvalue weighted by Crippen LogP contribution is -2.58. The summed E-state index contributed by atoms with van der Waals surface area (Å²) in [7, 11) is 0. The molecule has 0 radical (unpaired) electrons. The Morgan fingerprint density at radius 1 is 0.925 bits per heavy atom. The molecule has 2 aliphatic heterocycles. The van der Waals surface area contributed by atoms with Crippen LogP contribution in [0.5, 0.6) is 0 Å². The minimum atomic E-state index is -1.31. The Morgan fingerprint density at radius 2 is 1.55 bits per heavy atom. The summed E-state index contributed by atoms with van der Waals surface area (Å²) in [6, 6.07) is 9.18. The molecule has 3 heterocycles. The fourth-order valence-electron chi connectivity index (χ4n) is 8.15. The van der Waals surface area contributed by atoms with E-state index in [1.165, 1.54) is 57.8 Å². The number of para-hydroxylation sites is 2. The van der Waals surface area contributed by atoms with E-state index in [0.717, 1.165) is 30.2 Å². The van der Waals surface area contributed by atoms with Gasteiger partial charge in [-0.15, -0.1) is 0 Å². The van der Waals surface area contributed by atoms with Crippen LogP contribution >= 0.6 is 0 Å². The number of carbonyl (C=O) groups is 1. The van der Waals surface area contributed by atoms with Crippen LogP contribution in [0.4, 0.5) is 0 Å². The third-order valence-corrected chi connectivity index (χ3v) is 9.47. The number of oxime groups is 1. The zero-order valence-corrected chi connectivity index (χ0v) is 24.6. The van der Waals surface area contributed by atoms with E-state index in [0.29, 0.717) is 23.6 Å². The maximum atomic E-state index is 14.0. The van der Waals surface area contributed by atoms with Crippen molar-refractivity contribution in [3.63, 3.8) is 0 Å². The Hall–Kier alpha value is -2.74. The number of rotatable bonds is 6. The van der Waals surface area contributed by atoms with Crippen molar-refractivity contribution in [2.45, 2.75) is 129 Å². The summed E-state index contributed by atoms with van der Waals surface area (Å²) in [5, 5.41) is 13.7. The van der Waals surface area contributed by atoms with Gasteiger partial charge in [-0.2, -0.15) is 0 Å². The van der Waals surface area contributed by atoms with Crippen molar-refractivity contribution in [3.8, 4) is 0 Å². The molecule has 4 fully saturated rings. The molecule has 2 aliphatic carbocycles. The van der Waals surface area contributed by atoms with Gasteiger partial charge in [0, 0.05) is 24.2 Å². The summed E-state index contributed by atoms with van der Waals surface area (Å²) in [6.45, 7) is 7.53. The number of nitrogens with zero attached hydrogens (tertiary/aromatic N) is 4. The maximum Gasteiger partial charge on any atom is 0.360 e. The van der Waals surface area contributed by atoms with Gasteiger partial charge in [0.25, 0.3) is 5.56 Å². The smallest absolute Gasteiger partial charge is 0.360 e. The second-order valence-corrected chi connectivity index (χ2v) is 12.4. The molecular formula is C32H46N4O4. The molecule has 6 rings (SSSR count). The van der Waals surface area contributed by atoms with Gasteiger partial charge in [-0.05, 0) is 82.8 Å². The molecule has 4 atom stereocenters. The number of aliphatic carboxylic acids is 1. The fourth-order valence-corrected chi connectivity index (χ4v) is 8.15. The number of piperidine rings is 2. The van der Waals surface area contributed by atoms with Crippen molar-refractivity contribution < 1.29 is 14.7 Å². The van der Waals surface area contributed by atoms with E-state index in [2.05, 4.69) is 15.0 Å². The largest absolute Gasteiger partial charge is 0.476 e. The monoisotopic (exact) mass is 550 g/mol. The van der Waals surface area contributed by atoms with Crippen LogP contribution in [0.2, 0.25) is 0 Å². The molecule has 0 spiro atoms. The topological polar surface area (TPSA) is 97.0 Å². The Morgan fingerprint density at radius 3 is 2.17 bits per heavy atom. The number of carboxylic acid groups (broad SMARTS) is 1. The molecule has 1 aromatic heterocycles. The third kappa shape index (κ3) is 5.69.